The van der Waals surface area contributed by atoms with Crippen molar-refractivity contribution in [3.05, 3.63) is 46.6 Å². The first kappa shape index (κ1) is 13.9. The lowest BCUT2D eigenvalue weighted by Gasteiger charge is -1.93. The van der Waals surface area contributed by atoms with Gasteiger partial charge in [0.2, 0.25) is 10.8 Å². The molecule has 6 nitrogen and oxygen atoms in total. The number of aromatic nitrogens is 4. The van der Waals surface area contributed by atoms with Gasteiger partial charge in [-0.15, -0.1) is 15.3 Å². The van der Waals surface area contributed by atoms with E-state index >= 15 is 0 Å². The Bertz CT molecular complexity index is 1200. The van der Waals surface area contributed by atoms with Crippen LogP contribution in [0, 0.1) is 6.92 Å². The second kappa shape index (κ2) is 5.02. The number of hydrogen-bond donors (Lipinski definition) is 0. The fraction of sp³-hybridized carbons (Fsp3) is 0.0625. The number of aryl methyl sites for hydroxylation is 1. The Balaban J connectivity index is 1.71. The number of para-hydroxylation sites is 1. The lowest BCUT2D eigenvalue weighted by atomic mass is 10.1. The lowest BCUT2D eigenvalue weighted by molar-refractivity contribution is 0.554. The van der Waals surface area contributed by atoms with E-state index in [-0.39, 0.29) is 0 Å². The van der Waals surface area contributed by atoms with E-state index in [2.05, 4.69) is 31.2 Å². The topological polar surface area (TPSA) is 69.4 Å². The standard InChI is InChI=1S/C16H9BrN4O2S/c1-8-9-4-2-3-5-10(9)23-13(8)14-18-19-16-21(14)20-15(24-16)11-6-7-12(17)22-11/h2-7H,1H3. The van der Waals surface area contributed by atoms with E-state index in [1.54, 1.807) is 4.52 Å². The molecule has 0 saturated carbocycles. The van der Waals surface area contributed by atoms with Crippen molar-refractivity contribution in [1.82, 2.24) is 19.8 Å². The van der Waals surface area contributed by atoms with Gasteiger partial charge in [-0.25, -0.2) is 0 Å². The van der Waals surface area contributed by atoms with Crippen LogP contribution in [0.1, 0.15) is 5.56 Å². The van der Waals surface area contributed by atoms with Crippen LogP contribution in [0.15, 0.2) is 49.9 Å². The highest BCUT2D eigenvalue weighted by Gasteiger charge is 2.21. The van der Waals surface area contributed by atoms with Gasteiger partial charge in [-0.1, -0.05) is 29.5 Å². The molecule has 1 aromatic carbocycles. The van der Waals surface area contributed by atoms with Crippen LogP contribution in [0.3, 0.4) is 0 Å². The number of nitrogens with zero attached hydrogens (tertiary/aromatic N) is 4. The van der Waals surface area contributed by atoms with Crippen LogP contribution in [0.25, 0.3) is 38.3 Å². The van der Waals surface area contributed by atoms with Gasteiger partial charge in [-0.05, 0) is 41.1 Å². The van der Waals surface area contributed by atoms with Gasteiger partial charge in [0.15, 0.2) is 21.2 Å². The van der Waals surface area contributed by atoms with Crippen molar-refractivity contribution in [3.8, 4) is 22.4 Å². The first-order valence-electron chi connectivity index (χ1n) is 7.17. The van der Waals surface area contributed by atoms with E-state index in [4.69, 9.17) is 8.83 Å². The highest BCUT2D eigenvalue weighted by Crippen LogP contribution is 2.34. The number of fused-ring (bicyclic) bond motifs is 2. The summed E-state index contributed by atoms with van der Waals surface area (Å²) in [6.45, 7) is 2.01. The molecule has 0 aliphatic rings. The van der Waals surface area contributed by atoms with E-state index in [1.165, 1.54) is 11.3 Å². The number of halogens is 1. The predicted octanol–water partition coefficient (Wildman–Crippen LogP) is 4.93. The summed E-state index contributed by atoms with van der Waals surface area (Å²) in [6, 6.07) is 11.6. The van der Waals surface area contributed by atoms with Crippen molar-refractivity contribution in [3.63, 3.8) is 0 Å². The Labute approximate surface area is 147 Å². The molecule has 0 aliphatic carbocycles. The Morgan fingerprint density at radius 2 is 1.96 bits per heavy atom. The third kappa shape index (κ3) is 1.96. The molecule has 5 rings (SSSR count). The summed E-state index contributed by atoms with van der Waals surface area (Å²) in [7, 11) is 0. The van der Waals surface area contributed by atoms with Gasteiger partial charge in [0.1, 0.15) is 5.58 Å². The number of furan rings is 2. The molecule has 8 heteroatoms. The minimum Gasteiger partial charge on any atom is -0.452 e. The van der Waals surface area contributed by atoms with E-state index in [9.17, 15) is 0 Å². The summed E-state index contributed by atoms with van der Waals surface area (Å²) >= 11 is 4.72. The predicted molar refractivity (Wildman–Crippen MR) is 94.0 cm³/mol. The molecule has 0 fully saturated rings. The Hall–Kier alpha value is -2.45. The summed E-state index contributed by atoms with van der Waals surface area (Å²) in [5.41, 5.74) is 1.85. The molecule has 24 heavy (non-hydrogen) atoms. The molecule has 118 valence electrons. The van der Waals surface area contributed by atoms with Gasteiger partial charge in [0.05, 0.1) is 0 Å². The lowest BCUT2D eigenvalue weighted by Crippen LogP contribution is -1.90. The van der Waals surface area contributed by atoms with E-state index in [1.807, 2.05) is 43.3 Å². The van der Waals surface area contributed by atoms with E-state index < -0.39 is 0 Å². The molecule has 0 N–H and O–H groups in total. The summed E-state index contributed by atoms with van der Waals surface area (Å²) in [6.07, 6.45) is 0. The van der Waals surface area contributed by atoms with Crippen molar-refractivity contribution in [1.29, 1.82) is 0 Å². The molecule has 0 bridgehead atoms. The van der Waals surface area contributed by atoms with Crippen LogP contribution >= 0.6 is 27.3 Å². The first-order chi connectivity index (χ1) is 11.7. The molecular weight excluding hydrogens is 392 g/mol. The third-order valence-electron chi connectivity index (χ3n) is 3.82. The molecule has 0 atom stereocenters. The quantitative estimate of drug-likeness (QED) is 0.420. The molecule has 0 radical (unpaired) electrons. The van der Waals surface area contributed by atoms with Gasteiger partial charge in [-0.2, -0.15) is 4.52 Å². The summed E-state index contributed by atoms with van der Waals surface area (Å²) < 4.78 is 13.9. The van der Waals surface area contributed by atoms with E-state index in [0.29, 0.717) is 27.0 Å². The summed E-state index contributed by atoms with van der Waals surface area (Å²) in [4.78, 5) is 0.687. The molecule has 0 unspecified atom stereocenters. The average Bonchev–Trinajstić information content (AvgIpc) is 3.31. The Kier molecular flexibility index (Phi) is 2.92. The molecule has 0 amide bonds. The monoisotopic (exact) mass is 400 g/mol. The zero-order chi connectivity index (χ0) is 16.3. The smallest absolute Gasteiger partial charge is 0.235 e. The van der Waals surface area contributed by atoms with Crippen molar-refractivity contribution < 1.29 is 8.83 Å². The molecule has 4 heterocycles. The van der Waals surface area contributed by atoms with Gasteiger partial charge in [0, 0.05) is 10.9 Å². The number of benzene rings is 1. The molecule has 4 aromatic heterocycles. The SMILES string of the molecule is Cc1c(-c2nnc3sc(-c4ccc(Br)o4)nn23)oc2ccccc12. The Morgan fingerprint density at radius 3 is 2.75 bits per heavy atom. The van der Waals surface area contributed by atoms with Crippen molar-refractivity contribution in [2.75, 3.05) is 0 Å². The van der Waals surface area contributed by atoms with Crippen LogP contribution in [-0.4, -0.2) is 19.8 Å². The van der Waals surface area contributed by atoms with Crippen molar-refractivity contribution in [2.45, 2.75) is 6.92 Å². The maximum atomic E-state index is 5.98. The molecule has 5 aromatic rings. The second-order valence-corrected chi connectivity index (χ2v) is 7.02. The van der Waals surface area contributed by atoms with Crippen LogP contribution in [0.5, 0.6) is 0 Å². The highest BCUT2D eigenvalue weighted by atomic mass is 79.9. The highest BCUT2D eigenvalue weighted by molar-refractivity contribution is 9.10. The molecule has 0 aliphatic heterocycles. The van der Waals surface area contributed by atoms with Crippen molar-refractivity contribution in [2.24, 2.45) is 0 Å². The number of rotatable bonds is 2. The minimum atomic E-state index is 0.590. The van der Waals surface area contributed by atoms with Gasteiger partial charge in [0.25, 0.3) is 0 Å². The van der Waals surface area contributed by atoms with Gasteiger partial charge in [-0.3, -0.25) is 0 Å². The zero-order valence-electron chi connectivity index (χ0n) is 12.4. The van der Waals surface area contributed by atoms with E-state index in [0.717, 1.165) is 21.5 Å². The zero-order valence-corrected chi connectivity index (χ0v) is 14.8. The molecular formula is C16H9BrN4O2S. The third-order valence-corrected chi connectivity index (χ3v) is 5.16. The van der Waals surface area contributed by atoms with Crippen LogP contribution in [0.4, 0.5) is 0 Å². The summed E-state index contributed by atoms with van der Waals surface area (Å²) in [5, 5.41) is 14.8. The fourth-order valence-corrected chi connectivity index (χ4v) is 3.78. The Morgan fingerprint density at radius 1 is 1.08 bits per heavy atom. The van der Waals surface area contributed by atoms with Crippen LogP contribution in [-0.2, 0) is 0 Å². The minimum absolute atomic E-state index is 0.590. The molecule has 0 spiro atoms. The normalized spacial score (nSPS) is 11.8. The maximum Gasteiger partial charge on any atom is 0.235 e. The fourth-order valence-electron chi connectivity index (χ4n) is 2.67. The van der Waals surface area contributed by atoms with Crippen molar-refractivity contribution >= 4 is 43.2 Å². The van der Waals surface area contributed by atoms with Crippen LogP contribution in [0.2, 0.25) is 0 Å². The van der Waals surface area contributed by atoms with Crippen LogP contribution < -0.4 is 0 Å². The average molecular weight is 401 g/mol. The molecule has 0 saturated heterocycles. The largest absolute Gasteiger partial charge is 0.452 e. The maximum absolute atomic E-state index is 5.98. The van der Waals surface area contributed by atoms with Gasteiger partial charge < -0.3 is 8.83 Å². The second-order valence-electron chi connectivity index (χ2n) is 5.28. The number of hydrogen-bond acceptors (Lipinski definition) is 6. The van der Waals surface area contributed by atoms with Gasteiger partial charge >= 0.3 is 0 Å². The first-order valence-corrected chi connectivity index (χ1v) is 8.78. The summed E-state index contributed by atoms with van der Waals surface area (Å²) in [5.74, 6) is 1.96.